The van der Waals surface area contributed by atoms with E-state index >= 15 is 0 Å². The summed E-state index contributed by atoms with van der Waals surface area (Å²) in [6.45, 7) is 2.63. The van der Waals surface area contributed by atoms with Crippen LogP contribution in [0.2, 0.25) is 0 Å². The summed E-state index contributed by atoms with van der Waals surface area (Å²) in [4.78, 5) is 0. The molecule has 5 nitrogen and oxygen atoms in total. The molecule has 2 N–H and O–H groups in total. The molecule has 0 unspecified atom stereocenters. The van der Waals surface area contributed by atoms with Crippen LogP contribution in [-0.4, -0.2) is 34.4 Å². The quantitative estimate of drug-likeness (QED) is 0.422. The maximum Gasteiger partial charge on any atom is 0.267 e. The van der Waals surface area contributed by atoms with Crippen molar-refractivity contribution < 1.29 is 31.4 Å². The zero-order valence-electron chi connectivity index (χ0n) is 12.1. The molecule has 8 heteroatoms. The van der Waals surface area contributed by atoms with Crippen molar-refractivity contribution in [2.45, 2.75) is 19.8 Å². The third kappa shape index (κ3) is 5.94. The summed E-state index contributed by atoms with van der Waals surface area (Å²) in [7, 11) is -2.32. The van der Waals surface area contributed by atoms with E-state index < -0.39 is 21.8 Å². The molecule has 21 heavy (non-hydrogen) atoms. The van der Waals surface area contributed by atoms with Crippen molar-refractivity contribution in [3.05, 3.63) is 23.8 Å². The highest BCUT2D eigenvalue weighted by atomic mass is 32.2. The fourth-order valence-electron chi connectivity index (χ4n) is 1.75. The topological polar surface area (TPSA) is 69.2 Å². The van der Waals surface area contributed by atoms with Crippen molar-refractivity contribution in [2.24, 2.45) is 0 Å². The number of rotatable bonds is 9. The van der Waals surface area contributed by atoms with Crippen LogP contribution in [0.15, 0.2) is 12.1 Å². The van der Waals surface area contributed by atoms with Crippen molar-refractivity contribution in [1.82, 2.24) is 0 Å². The van der Waals surface area contributed by atoms with Gasteiger partial charge in [-0.25, -0.2) is 8.78 Å². The molecule has 0 bridgehead atoms. The standard InChI is InChI=1S/C13H19F2NO4S/c1-3-20-13-9-11(15)10(14)8-12(13)16-6-4-5-7-21(17,18)19-2/h8-9,16H,3-7H2,1-2H3/p+1. The van der Waals surface area contributed by atoms with Crippen molar-refractivity contribution in [2.75, 3.05) is 26.0 Å². The van der Waals surface area contributed by atoms with Crippen molar-refractivity contribution in [3.8, 4) is 5.75 Å². The lowest BCUT2D eigenvalue weighted by atomic mass is 10.2. The minimum absolute atomic E-state index is 0.0621. The van der Waals surface area contributed by atoms with Crippen molar-refractivity contribution in [1.29, 1.82) is 0 Å². The Morgan fingerprint density at radius 3 is 2.48 bits per heavy atom. The van der Waals surface area contributed by atoms with Crippen LogP contribution < -0.4 is 10.1 Å². The molecule has 1 rings (SSSR count). The minimum Gasteiger partial charge on any atom is -0.488 e. The number of nitrogens with two attached hydrogens (primary N) is 1. The molecule has 0 atom stereocenters. The zero-order valence-corrected chi connectivity index (χ0v) is 12.9. The third-order valence-electron chi connectivity index (χ3n) is 2.82. The molecular formula is C13H20F2NO4S+. The van der Waals surface area contributed by atoms with Gasteiger partial charge in [-0.15, -0.1) is 0 Å². The second-order valence-electron chi connectivity index (χ2n) is 4.37. The van der Waals surface area contributed by atoms with Gasteiger partial charge in [0.1, 0.15) is 0 Å². The van der Waals surface area contributed by atoms with Gasteiger partial charge in [-0.3, -0.25) is 4.18 Å². The number of halogens is 2. The zero-order chi connectivity index (χ0) is 15.9. The lowest BCUT2D eigenvalue weighted by Crippen LogP contribution is -2.78. The van der Waals surface area contributed by atoms with Gasteiger partial charge in [0.15, 0.2) is 23.1 Å². The van der Waals surface area contributed by atoms with E-state index in [9.17, 15) is 17.2 Å². The Balaban J connectivity index is 2.53. The SMILES string of the molecule is CCOc1cc(F)c(F)cc1[NH2+]CCCCS(=O)(=O)OC. The molecule has 0 saturated heterocycles. The van der Waals surface area contributed by atoms with E-state index in [0.29, 0.717) is 31.7 Å². The molecule has 0 fully saturated rings. The third-order valence-corrected chi connectivity index (χ3v) is 4.12. The van der Waals surface area contributed by atoms with E-state index in [1.807, 2.05) is 0 Å². The molecule has 0 spiro atoms. The number of hydrogen-bond donors (Lipinski definition) is 1. The molecular weight excluding hydrogens is 304 g/mol. The summed E-state index contributed by atoms with van der Waals surface area (Å²) >= 11 is 0. The fourth-order valence-corrected chi connectivity index (χ4v) is 2.47. The minimum atomic E-state index is -3.44. The first-order valence-electron chi connectivity index (χ1n) is 6.63. The fraction of sp³-hybridized carbons (Fsp3) is 0.538. The number of unbranched alkanes of at least 4 members (excludes halogenated alkanes) is 1. The smallest absolute Gasteiger partial charge is 0.267 e. The van der Waals surface area contributed by atoms with Crippen LogP contribution in [0.3, 0.4) is 0 Å². The van der Waals surface area contributed by atoms with E-state index in [4.69, 9.17) is 4.74 Å². The average molecular weight is 324 g/mol. The molecule has 0 saturated carbocycles. The molecule has 0 radical (unpaired) electrons. The van der Waals surface area contributed by atoms with E-state index in [2.05, 4.69) is 4.18 Å². The van der Waals surface area contributed by atoms with E-state index in [1.165, 1.54) is 0 Å². The monoisotopic (exact) mass is 324 g/mol. The van der Waals surface area contributed by atoms with E-state index in [0.717, 1.165) is 19.2 Å². The van der Waals surface area contributed by atoms with Crippen LogP contribution >= 0.6 is 0 Å². The Kier molecular flexibility index (Phi) is 7.00. The Labute approximate surface area is 123 Å². The van der Waals surface area contributed by atoms with Crippen LogP contribution in [-0.2, 0) is 14.3 Å². The summed E-state index contributed by atoms with van der Waals surface area (Å²) < 4.78 is 58.2. The van der Waals surface area contributed by atoms with Gasteiger partial charge in [-0.2, -0.15) is 8.42 Å². The van der Waals surface area contributed by atoms with Crippen LogP contribution in [0.25, 0.3) is 0 Å². The summed E-state index contributed by atoms with van der Waals surface area (Å²) in [5.74, 6) is -1.68. The molecule has 0 aliphatic heterocycles. The largest absolute Gasteiger partial charge is 0.488 e. The van der Waals surface area contributed by atoms with Gasteiger partial charge in [-0.1, -0.05) is 0 Å². The highest BCUT2D eigenvalue weighted by molar-refractivity contribution is 7.86. The predicted octanol–water partition coefficient (Wildman–Crippen LogP) is 1.31. The highest BCUT2D eigenvalue weighted by Crippen LogP contribution is 2.23. The Morgan fingerprint density at radius 2 is 1.86 bits per heavy atom. The van der Waals surface area contributed by atoms with Crippen LogP contribution in [0.4, 0.5) is 14.5 Å². The summed E-state index contributed by atoms with van der Waals surface area (Å²) in [5.41, 5.74) is 0.463. The molecule has 0 aromatic heterocycles. The Bertz CT molecular complexity index is 564. The van der Waals surface area contributed by atoms with Gasteiger partial charge < -0.3 is 10.1 Å². The number of quaternary nitrogens is 1. The first kappa shape index (κ1) is 17.8. The lowest BCUT2D eigenvalue weighted by molar-refractivity contribution is -0.572. The molecule has 1 aromatic carbocycles. The second kappa shape index (κ2) is 8.26. The molecule has 0 heterocycles. The van der Waals surface area contributed by atoms with E-state index in [-0.39, 0.29) is 11.5 Å². The van der Waals surface area contributed by atoms with Crippen LogP contribution in [0.1, 0.15) is 19.8 Å². The Morgan fingerprint density at radius 1 is 1.19 bits per heavy atom. The second-order valence-corrected chi connectivity index (χ2v) is 6.22. The number of benzene rings is 1. The lowest BCUT2D eigenvalue weighted by Gasteiger charge is -2.09. The molecule has 0 aliphatic carbocycles. The molecule has 0 aliphatic rings. The first-order valence-corrected chi connectivity index (χ1v) is 8.20. The number of ether oxygens (including phenoxy) is 1. The van der Waals surface area contributed by atoms with Crippen molar-refractivity contribution in [3.63, 3.8) is 0 Å². The summed E-state index contributed by atoms with van der Waals surface area (Å²) in [6, 6.07) is 2.09. The van der Waals surface area contributed by atoms with Gasteiger partial charge in [0, 0.05) is 12.1 Å². The summed E-state index contributed by atoms with van der Waals surface area (Å²) in [6.07, 6.45) is 1.02. The predicted molar refractivity (Wildman–Crippen MR) is 74.0 cm³/mol. The number of hydrogen-bond acceptors (Lipinski definition) is 4. The molecule has 120 valence electrons. The van der Waals surface area contributed by atoms with Gasteiger partial charge in [0.05, 0.1) is 26.0 Å². The Hall–Kier alpha value is -1.25. The maximum atomic E-state index is 13.2. The average Bonchev–Trinajstić information content (AvgIpc) is 2.43. The highest BCUT2D eigenvalue weighted by Gasteiger charge is 2.14. The van der Waals surface area contributed by atoms with Crippen LogP contribution in [0, 0.1) is 11.6 Å². The normalized spacial score (nSPS) is 11.6. The molecule has 0 amide bonds. The van der Waals surface area contributed by atoms with Gasteiger partial charge >= 0.3 is 0 Å². The van der Waals surface area contributed by atoms with Gasteiger partial charge in [-0.05, 0) is 19.8 Å². The van der Waals surface area contributed by atoms with Crippen molar-refractivity contribution >= 4 is 15.8 Å². The van der Waals surface area contributed by atoms with E-state index in [1.54, 1.807) is 12.2 Å². The molecule has 1 aromatic rings. The first-order chi connectivity index (χ1) is 9.89. The maximum absolute atomic E-state index is 13.2. The van der Waals surface area contributed by atoms with Gasteiger partial charge in [0.25, 0.3) is 10.1 Å². The van der Waals surface area contributed by atoms with Gasteiger partial charge in [0.2, 0.25) is 0 Å². The van der Waals surface area contributed by atoms with Crippen LogP contribution in [0.5, 0.6) is 5.75 Å². The summed E-state index contributed by atoms with van der Waals surface area (Å²) in [5, 5.41) is 1.70.